The summed E-state index contributed by atoms with van der Waals surface area (Å²) in [6.45, 7) is 2.79. The van der Waals surface area contributed by atoms with Crippen LogP contribution < -0.4 is 4.90 Å². The summed E-state index contributed by atoms with van der Waals surface area (Å²) >= 11 is 5.86. The van der Waals surface area contributed by atoms with Crippen LogP contribution in [-0.2, 0) is 11.2 Å². The molecule has 1 N–H and O–H groups in total. The third-order valence-corrected chi connectivity index (χ3v) is 4.63. The van der Waals surface area contributed by atoms with E-state index in [1.165, 1.54) is 0 Å². The Labute approximate surface area is 151 Å². The summed E-state index contributed by atoms with van der Waals surface area (Å²) < 4.78 is 0. The molecule has 2 aromatic rings. The Morgan fingerprint density at radius 1 is 0.920 bits per heavy atom. The second-order valence-electron chi connectivity index (χ2n) is 6.02. The molecular weight excluding hydrogens is 340 g/mol. The third-order valence-electron chi connectivity index (χ3n) is 4.38. The zero-order chi connectivity index (χ0) is 17.8. The van der Waals surface area contributed by atoms with Gasteiger partial charge in [0.05, 0.1) is 12.0 Å². The number of hydrogen-bond acceptors (Lipinski definition) is 3. The molecule has 0 spiro atoms. The molecule has 0 atom stereocenters. The van der Waals surface area contributed by atoms with Gasteiger partial charge < -0.3 is 14.9 Å². The number of carbonyl (C=O) groups is 2. The van der Waals surface area contributed by atoms with Gasteiger partial charge in [0, 0.05) is 36.9 Å². The zero-order valence-electron chi connectivity index (χ0n) is 13.7. The van der Waals surface area contributed by atoms with Crippen LogP contribution in [0.15, 0.2) is 48.5 Å². The number of nitrogens with zero attached hydrogens (tertiary/aromatic N) is 2. The topological polar surface area (TPSA) is 60.9 Å². The van der Waals surface area contributed by atoms with Crippen LogP contribution in [0.25, 0.3) is 0 Å². The number of anilines is 1. The van der Waals surface area contributed by atoms with Gasteiger partial charge in [0.25, 0.3) is 0 Å². The number of benzene rings is 2. The van der Waals surface area contributed by atoms with Crippen LogP contribution in [0.1, 0.15) is 15.9 Å². The monoisotopic (exact) mass is 358 g/mol. The van der Waals surface area contributed by atoms with Gasteiger partial charge in [-0.15, -0.1) is 0 Å². The Bertz CT molecular complexity index is 751. The van der Waals surface area contributed by atoms with E-state index in [1.807, 2.05) is 29.2 Å². The van der Waals surface area contributed by atoms with Crippen LogP contribution in [0, 0.1) is 0 Å². The molecule has 25 heavy (non-hydrogen) atoms. The molecule has 0 radical (unpaired) electrons. The van der Waals surface area contributed by atoms with Crippen molar-refractivity contribution in [1.82, 2.24) is 4.90 Å². The van der Waals surface area contributed by atoms with E-state index in [-0.39, 0.29) is 11.5 Å². The van der Waals surface area contributed by atoms with Gasteiger partial charge in [0.2, 0.25) is 5.91 Å². The summed E-state index contributed by atoms with van der Waals surface area (Å²) in [5.74, 6) is -0.813. The van der Waals surface area contributed by atoms with Crippen molar-refractivity contribution in [2.75, 3.05) is 31.1 Å². The fourth-order valence-corrected chi connectivity index (χ4v) is 3.04. The van der Waals surface area contributed by atoms with Crippen LogP contribution in [-0.4, -0.2) is 48.1 Å². The van der Waals surface area contributed by atoms with E-state index in [0.717, 1.165) is 24.3 Å². The van der Waals surface area contributed by atoms with E-state index in [0.29, 0.717) is 24.5 Å². The van der Waals surface area contributed by atoms with Crippen molar-refractivity contribution in [3.05, 3.63) is 64.7 Å². The van der Waals surface area contributed by atoms with Gasteiger partial charge in [-0.25, -0.2) is 4.79 Å². The number of halogens is 1. The maximum Gasteiger partial charge on any atom is 0.335 e. The van der Waals surface area contributed by atoms with Gasteiger partial charge >= 0.3 is 5.97 Å². The minimum atomic E-state index is -0.927. The fraction of sp³-hybridized carbons (Fsp3) is 0.263. The molecule has 0 aliphatic carbocycles. The number of piperazine rings is 1. The Hall–Kier alpha value is -2.53. The van der Waals surface area contributed by atoms with Gasteiger partial charge in [-0.05, 0) is 42.0 Å². The Kier molecular flexibility index (Phi) is 5.24. The van der Waals surface area contributed by atoms with Crippen LogP contribution in [0.5, 0.6) is 0 Å². The smallest absolute Gasteiger partial charge is 0.335 e. The number of carbonyl (C=O) groups excluding carboxylic acids is 1. The molecule has 6 heteroatoms. The molecule has 1 amide bonds. The SMILES string of the molecule is O=C(O)c1ccc(N2CCN(C(=O)Cc3ccc(Cl)cc3)CC2)cc1. The zero-order valence-corrected chi connectivity index (χ0v) is 14.4. The number of carboxylic acids is 1. The second-order valence-corrected chi connectivity index (χ2v) is 6.46. The Morgan fingerprint density at radius 2 is 1.52 bits per heavy atom. The molecule has 1 fully saturated rings. The lowest BCUT2D eigenvalue weighted by molar-refractivity contribution is -0.130. The summed E-state index contributed by atoms with van der Waals surface area (Å²) in [4.78, 5) is 27.4. The van der Waals surface area contributed by atoms with E-state index in [9.17, 15) is 9.59 Å². The molecule has 1 aliphatic heterocycles. The van der Waals surface area contributed by atoms with Crippen molar-refractivity contribution < 1.29 is 14.7 Å². The van der Waals surface area contributed by atoms with Gasteiger partial charge in [-0.3, -0.25) is 4.79 Å². The number of aromatic carboxylic acids is 1. The number of rotatable bonds is 4. The minimum Gasteiger partial charge on any atom is -0.478 e. The first-order chi connectivity index (χ1) is 12.0. The van der Waals surface area contributed by atoms with Crippen LogP contribution >= 0.6 is 11.6 Å². The van der Waals surface area contributed by atoms with Gasteiger partial charge in [-0.2, -0.15) is 0 Å². The maximum atomic E-state index is 12.4. The van der Waals surface area contributed by atoms with Gasteiger partial charge in [0.15, 0.2) is 0 Å². The number of amides is 1. The second kappa shape index (κ2) is 7.57. The molecule has 2 aromatic carbocycles. The molecule has 1 saturated heterocycles. The third kappa shape index (κ3) is 4.31. The first-order valence-corrected chi connectivity index (χ1v) is 8.51. The van der Waals surface area contributed by atoms with Crippen LogP contribution in [0.3, 0.4) is 0 Å². The highest BCUT2D eigenvalue weighted by molar-refractivity contribution is 6.30. The van der Waals surface area contributed by atoms with E-state index in [4.69, 9.17) is 16.7 Å². The molecule has 3 rings (SSSR count). The Morgan fingerprint density at radius 3 is 2.08 bits per heavy atom. The predicted molar refractivity (Wildman–Crippen MR) is 97.4 cm³/mol. The highest BCUT2D eigenvalue weighted by Crippen LogP contribution is 2.18. The molecule has 0 unspecified atom stereocenters. The predicted octanol–water partition coefficient (Wildman–Crippen LogP) is 2.93. The van der Waals surface area contributed by atoms with Gasteiger partial charge in [0.1, 0.15) is 0 Å². The first-order valence-electron chi connectivity index (χ1n) is 8.13. The summed E-state index contributed by atoms with van der Waals surface area (Å²) in [6, 6.07) is 14.2. The molecule has 1 aliphatic rings. The standard InChI is InChI=1S/C19H19ClN2O3/c20-16-5-1-14(2-6-16)13-18(23)22-11-9-21(10-12-22)17-7-3-15(4-8-17)19(24)25/h1-8H,9-13H2,(H,24,25). The van der Waals surface area contributed by atoms with Crippen molar-refractivity contribution in [2.24, 2.45) is 0 Å². The quantitative estimate of drug-likeness (QED) is 0.912. The molecule has 0 aromatic heterocycles. The molecule has 1 heterocycles. The van der Waals surface area contributed by atoms with Crippen molar-refractivity contribution in [3.8, 4) is 0 Å². The average molecular weight is 359 g/mol. The fourth-order valence-electron chi connectivity index (χ4n) is 2.92. The van der Waals surface area contributed by atoms with E-state index in [1.54, 1.807) is 24.3 Å². The van der Waals surface area contributed by atoms with E-state index >= 15 is 0 Å². The van der Waals surface area contributed by atoms with Crippen molar-refractivity contribution >= 4 is 29.2 Å². The highest BCUT2D eigenvalue weighted by Gasteiger charge is 2.21. The summed E-state index contributed by atoms with van der Waals surface area (Å²) in [6.07, 6.45) is 0.379. The lowest BCUT2D eigenvalue weighted by atomic mass is 10.1. The summed E-state index contributed by atoms with van der Waals surface area (Å²) in [5, 5.41) is 9.62. The maximum absolute atomic E-state index is 12.4. The van der Waals surface area contributed by atoms with Crippen LogP contribution in [0.2, 0.25) is 5.02 Å². The van der Waals surface area contributed by atoms with Crippen molar-refractivity contribution in [1.29, 1.82) is 0 Å². The van der Waals surface area contributed by atoms with Crippen molar-refractivity contribution in [3.63, 3.8) is 0 Å². The summed E-state index contributed by atoms with van der Waals surface area (Å²) in [7, 11) is 0. The molecule has 0 saturated carbocycles. The lowest BCUT2D eigenvalue weighted by Crippen LogP contribution is -2.49. The van der Waals surface area contributed by atoms with E-state index < -0.39 is 5.97 Å². The van der Waals surface area contributed by atoms with Crippen LogP contribution in [0.4, 0.5) is 5.69 Å². The molecule has 130 valence electrons. The average Bonchev–Trinajstić information content (AvgIpc) is 2.64. The lowest BCUT2D eigenvalue weighted by Gasteiger charge is -2.36. The highest BCUT2D eigenvalue weighted by atomic mass is 35.5. The number of carboxylic acid groups (broad SMARTS) is 1. The molecule has 0 bridgehead atoms. The largest absolute Gasteiger partial charge is 0.478 e. The number of hydrogen-bond donors (Lipinski definition) is 1. The molecule has 5 nitrogen and oxygen atoms in total. The minimum absolute atomic E-state index is 0.114. The summed E-state index contributed by atoms with van der Waals surface area (Å²) in [5.41, 5.74) is 2.22. The van der Waals surface area contributed by atoms with Crippen molar-refractivity contribution in [2.45, 2.75) is 6.42 Å². The Balaban J connectivity index is 1.55. The molecular formula is C19H19ClN2O3. The van der Waals surface area contributed by atoms with Gasteiger partial charge in [-0.1, -0.05) is 23.7 Å². The first kappa shape index (κ1) is 17.3. The normalized spacial score (nSPS) is 14.4. The van der Waals surface area contributed by atoms with E-state index in [2.05, 4.69) is 4.90 Å².